The van der Waals surface area contributed by atoms with E-state index in [1.807, 2.05) is 12.1 Å². The number of nitrogens with one attached hydrogen (secondary N) is 1. The number of aromatic nitrogens is 2. The fourth-order valence-electron chi connectivity index (χ4n) is 1.83. The Morgan fingerprint density at radius 3 is 2.65 bits per heavy atom. The molecule has 0 radical (unpaired) electrons. The summed E-state index contributed by atoms with van der Waals surface area (Å²) in [5.74, 6) is 0.0340. The highest BCUT2D eigenvalue weighted by Gasteiger charge is 2.09. The van der Waals surface area contributed by atoms with Gasteiger partial charge >= 0.3 is 5.97 Å². The van der Waals surface area contributed by atoms with Crippen LogP contribution in [0.25, 0.3) is 0 Å². The maximum Gasteiger partial charge on any atom is 0.336 e. The first-order valence-electron chi connectivity index (χ1n) is 6.40. The largest absolute Gasteiger partial charge is 0.478 e. The molecule has 1 aromatic heterocycles. The predicted octanol–water partition coefficient (Wildman–Crippen LogP) is 3.35. The number of aromatic carboxylic acids is 1. The third-order valence-electron chi connectivity index (χ3n) is 3.02. The number of benzene rings is 1. The summed E-state index contributed by atoms with van der Waals surface area (Å²) in [5.41, 5.74) is 2.65. The van der Waals surface area contributed by atoms with Gasteiger partial charge < -0.3 is 10.4 Å². The van der Waals surface area contributed by atoms with Crippen LogP contribution in [0, 0.1) is 6.92 Å². The van der Waals surface area contributed by atoms with Gasteiger partial charge in [-0.25, -0.2) is 14.8 Å². The van der Waals surface area contributed by atoms with Gasteiger partial charge in [0.05, 0.1) is 5.56 Å². The van der Waals surface area contributed by atoms with E-state index in [4.69, 9.17) is 5.11 Å². The Balaban J connectivity index is 2.28. The lowest BCUT2D eigenvalue weighted by Crippen LogP contribution is -2.02. The van der Waals surface area contributed by atoms with Gasteiger partial charge in [0.2, 0.25) is 0 Å². The van der Waals surface area contributed by atoms with Crippen LogP contribution in [0.1, 0.15) is 41.4 Å². The first-order chi connectivity index (χ1) is 9.47. The van der Waals surface area contributed by atoms with E-state index in [2.05, 4.69) is 29.1 Å². The minimum Gasteiger partial charge on any atom is -0.478 e. The lowest BCUT2D eigenvalue weighted by molar-refractivity contribution is 0.0696. The Kier molecular flexibility index (Phi) is 3.98. The summed E-state index contributed by atoms with van der Waals surface area (Å²) in [6, 6.07) is 7.08. The molecule has 0 aliphatic rings. The standard InChI is InChI=1S/C15H17N3O2/c1-9(2)13-7-14(17-8-16-13)18-11-5-4-10(3)12(6-11)15(19)20/h4-9H,1-3H3,(H,19,20)(H,16,17,18). The minimum atomic E-state index is -0.934. The lowest BCUT2D eigenvalue weighted by Gasteiger charge is -2.10. The molecule has 2 rings (SSSR count). The Morgan fingerprint density at radius 2 is 2.00 bits per heavy atom. The van der Waals surface area contributed by atoms with E-state index in [0.29, 0.717) is 17.4 Å². The van der Waals surface area contributed by atoms with Gasteiger partial charge in [-0.15, -0.1) is 0 Å². The number of hydrogen-bond acceptors (Lipinski definition) is 4. The number of hydrogen-bond donors (Lipinski definition) is 2. The van der Waals surface area contributed by atoms with Gasteiger partial charge in [0.1, 0.15) is 12.1 Å². The van der Waals surface area contributed by atoms with Crippen molar-refractivity contribution < 1.29 is 9.90 Å². The minimum absolute atomic E-state index is 0.285. The molecule has 2 aromatic rings. The first-order valence-corrected chi connectivity index (χ1v) is 6.40. The number of carbonyl (C=O) groups is 1. The highest BCUT2D eigenvalue weighted by molar-refractivity contribution is 5.90. The SMILES string of the molecule is Cc1ccc(Nc2cc(C(C)C)ncn2)cc1C(=O)O. The molecule has 0 aliphatic heterocycles. The fraction of sp³-hybridized carbons (Fsp3) is 0.267. The molecular formula is C15H17N3O2. The van der Waals surface area contributed by atoms with Crippen LogP contribution >= 0.6 is 0 Å². The molecule has 0 spiro atoms. The van der Waals surface area contributed by atoms with E-state index in [0.717, 1.165) is 11.3 Å². The van der Waals surface area contributed by atoms with Crippen LogP contribution in [0.2, 0.25) is 0 Å². The smallest absolute Gasteiger partial charge is 0.336 e. The number of carboxylic acid groups (broad SMARTS) is 1. The van der Waals surface area contributed by atoms with Crippen molar-refractivity contribution in [2.75, 3.05) is 5.32 Å². The van der Waals surface area contributed by atoms with Gasteiger partial charge in [0.15, 0.2) is 0 Å². The lowest BCUT2D eigenvalue weighted by atomic mass is 10.1. The van der Waals surface area contributed by atoms with Crippen molar-refractivity contribution in [3.63, 3.8) is 0 Å². The summed E-state index contributed by atoms with van der Waals surface area (Å²) in [6.45, 7) is 5.88. The molecule has 0 saturated heterocycles. The van der Waals surface area contributed by atoms with Crippen LogP contribution in [-0.4, -0.2) is 21.0 Å². The monoisotopic (exact) mass is 271 g/mol. The number of aryl methyl sites for hydroxylation is 1. The fourth-order valence-corrected chi connectivity index (χ4v) is 1.83. The second kappa shape index (κ2) is 5.69. The normalized spacial score (nSPS) is 10.6. The van der Waals surface area contributed by atoms with E-state index in [1.165, 1.54) is 6.33 Å². The van der Waals surface area contributed by atoms with Crippen molar-refractivity contribution >= 4 is 17.5 Å². The van der Waals surface area contributed by atoms with E-state index < -0.39 is 5.97 Å². The highest BCUT2D eigenvalue weighted by Crippen LogP contribution is 2.20. The predicted molar refractivity (Wildman–Crippen MR) is 77.5 cm³/mol. The highest BCUT2D eigenvalue weighted by atomic mass is 16.4. The van der Waals surface area contributed by atoms with Crippen LogP contribution in [0.15, 0.2) is 30.6 Å². The van der Waals surface area contributed by atoms with Crippen molar-refractivity contribution in [3.05, 3.63) is 47.4 Å². The van der Waals surface area contributed by atoms with Gasteiger partial charge in [-0.1, -0.05) is 19.9 Å². The number of nitrogens with zero attached hydrogens (tertiary/aromatic N) is 2. The Morgan fingerprint density at radius 1 is 1.25 bits per heavy atom. The van der Waals surface area contributed by atoms with E-state index in [9.17, 15) is 4.79 Å². The molecule has 0 fully saturated rings. The molecule has 0 aliphatic carbocycles. The molecule has 104 valence electrons. The van der Waals surface area contributed by atoms with Crippen LogP contribution in [0.5, 0.6) is 0 Å². The summed E-state index contributed by atoms with van der Waals surface area (Å²) >= 11 is 0. The molecular weight excluding hydrogens is 254 g/mol. The summed E-state index contributed by atoms with van der Waals surface area (Å²) < 4.78 is 0. The van der Waals surface area contributed by atoms with Crippen molar-refractivity contribution in [3.8, 4) is 0 Å². The summed E-state index contributed by atoms with van der Waals surface area (Å²) in [4.78, 5) is 19.5. The van der Waals surface area contributed by atoms with Gasteiger partial charge in [0, 0.05) is 17.4 Å². The molecule has 1 heterocycles. The molecule has 2 N–H and O–H groups in total. The van der Waals surface area contributed by atoms with Crippen LogP contribution in [-0.2, 0) is 0 Å². The Labute approximate surface area is 117 Å². The molecule has 0 unspecified atom stereocenters. The third kappa shape index (κ3) is 3.12. The molecule has 1 aromatic carbocycles. The molecule has 0 saturated carbocycles. The average Bonchev–Trinajstić information content (AvgIpc) is 2.41. The van der Waals surface area contributed by atoms with Crippen LogP contribution < -0.4 is 5.32 Å². The van der Waals surface area contributed by atoms with E-state index in [-0.39, 0.29) is 5.56 Å². The van der Waals surface area contributed by atoms with Crippen molar-refractivity contribution in [2.24, 2.45) is 0 Å². The molecule has 0 bridgehead atoms. The van der Waals surface area contributed by atoms with Crippen molar-refractivity contribution in [1.29, 1.82) is 0 Å². The van der Waals surface area contributed by atoms with Gasteiger partial charge in [0.25, 0.3) is 0 Å². The second-order valence-electron chi connectivity index (χ2n) is 4.94. The average molecular weight is 271 g/mol. The van der Waals surface area contributed by atoms with E-state index >= 15 is 0 Å². The summed E-state index contributed by atoms with van der Waals surface area (Å²) in [7, 11) is 0. The Bertz CT molecular complexity index is 639. The molecule has 5 heteroatoms. The number of rotatable bonds is 4. The molecule has 5 nitrogen and oxygen atoms in total. The number of anilines is 2. The van der Waals surface area contributed by atoms with E-state index in [1.54, 1.807) is 19.1 Å². The van der Waals surface area contributed by atoms with Crippen LogP contribution in [0.4, 0.5) is 11.5 Å². The maximum absolute atomic E-state index is 11.1. The van der Waals surface area contributed by atoms with Gasteiger partial charge in [-0.05, 0) is 30.5 Å². The molecule has 20 heavy (non-hydrogen) atoms. The van der Waals surface area contributed by atoms with Gasteiger partial charge in [-0.3, -0.25) is 0 Å². The molecule has 0 amide bonds. The zero-order valence-corrected chi connectivity index (χ0v) is 11.7. The Hall–Kier alpha value is -2.43. The summed E-state index contributed by atoms with van der Waals surface area (Å²) in [6.07, 6.45) is 1.50. The van der Waals surface area contributed by atoms with Gasteiger partial charge in [-0.2, -0.15) is 0 Å². The topological polar surface area (TPSA) is 75.1 Å². The third-order valence-corrected chi connectivity index (χ3v) is 3.02. The summed E-state index contributed by atoms with van der Waals surface area (Å²) in [5, 5.41) is 12.2. The van der Waals surface area contributed by atoms with Crippen molar-refractivity contribution in [2.45, 2.75) is 26.7 Å². The van der Waals surface area contributed by atoms with Crippen molar-refractivity contribution in [1.82, 2.24) is 9.97 Å². The zero-order valence-electron chi connectivity index (χ0n) is 11.7. The zero-order chi connectivity index (χ0) is 14.7. The number of carboxylic acids is 1. The quantitative estimate of drug-likeness (QED) is 0.891. The first kappa shape index (κ1) is 14.0. The maximum atomic E-state index is 11.1. The second-order valence-corrected chi connectivity index (χ2v) is 4.94. The van der Waals surface area contributed by atoms with Crippen LogP contribution in [0.3, 0.4) is 0 Å². The molecule has 0 atom stereocenters.